The van der Waals surface area contributed by atoms with Gasteiger partial charge in [0.2, 0.25) is 0 Å². The van der Waals surface area contributed by atoms with Gasteiger partial charge in [0.25, 0.3) is 0 Å². The Morgan fingerprint density at radius 1 is 1.29 bits per heavy atom. The average Bonchev–Trinajstić information content (AvgIpc) is 3.04. The summed E-state index contributed by atoms with van der Waals surface area (Å²) in [5.41, 5.74) is 0. The summed E-state index contributed by atoms with van der Waals surface area (Å²) in [6.07, 6.45) is 3.82. The first-order valence-corrected chi connectivity index (χ1v) is 7.91. The highest BCUT2D eigenvalue weighted by atomic mass is 16.5. The number of methoxy groups -OCH3 is 1. The molecule has 0 aliphatic carbocycles. The molecule has 21 heavy (non-hydrogen) atoms. The maximum atomic E-state index is 5.17. The second-order valence-electron chi connectivity index (χ2n) is 5.80. The molecule has 2 aliphatic rings. The van der Waals surface area contributed by atoms with E-state index in [1.807, 2.05) is 6.07 Å². The van der Waals surface area contributed by atoms with Gasteiger partial charge in [0.15, 0.2) is 5.82 Å². The number of hydrogen-bond donors (Lipinski definition) is 2. The van der Waals surface area contributed by atoms with Crippen LogP contribution in [0.15, 0.2) is 6.07 Å². The Labute approximate surface area is 126 Å². The van der Waals surface area contributed by atoms with Crippen LogP contribution in [0.25, 0.3) is 0 Å². The van der Waals surface area contributed by atoms with Gasteiger partial charge >= 0.3 is 0 Å². The average molecular weight is 291 g/mol. The molecule has 1 aromatic rings. The van der Waals surface area contributed by atoms with Crippen molar-refractivity contribution in [2.24, 2.45) is 0 Å². The molecule has 1 aromatic heterocycles. The quantitative estimate of drug-likeness (QED) is 0.832. The molecule has 2 aliphatic heterocycles. The summed E-state index contributed by atoms with van der Waals surface area (Å²) in [4.78, 5) is 11.6. The first kappa shape index (κ1) is 14.5. The Morgan fingerprint density at radius 3 is 2.95 bits per heavy atom. The predicted molar refractivity (Wildman–Crippen MR) is 83.5 cm³/mol. The van der Waals surface area contributed by atoms with E-state index < -0.39 is 0 Å². The van der Waals surface area contributed by atoms with E-state index in [-0.39, 0.29) is 0 Å². The Balaban J connectivity index is 1.74. The molecule has 0 radical (unpaired) electrons. The minimum Gasteiger partial charge on any atom is -0.377 e. The van der Waals surface area contributed by atoms with Gasteiger partial charge in [-0.05, 0) is 32.7 Å². The zero-order valence-corrected chi connectivity index (χ0v) is 12.9. The van der Waals surface area contributed by atoms with Gasteiger partial charge in [0.1, 0.15) is 18.2 Å². The molecule has 6 nitrogen and oxygen atoms in total. The van der Waals surface area contributed by atoms with Crippen molar-refractivity contribution in [2.75, 3.05) is 37.4 Å². The summed E-state index contributed by atoms with van der Waals surface area (Å²) in [6, 6.07) is 3.18. The highest BCUT2D eigenvalue weighted by molar-refractivity contribution is 5.48. The molecule has 0 amide bonds. The third-order valence-corrected chi connectivity index (χ3v) is 4.34. The molecule has 3 heterocycles. The maximum absolute atomic E-state index is 5.17. The fourth-order valence-electron chi connectivity index (χ4n) is 3.48. The SMILES string of the molecule is CCNc1cc(NC2CCN3CCCC23)nc(COC)n1. The summed E-state index contributed by atoms with van der Waals surface area (Å²) in [5.74, 6) is 2.50. The van der Waals surface area contributed by atoms with Crippen LogP contribution in [0.3, 0.4) is 0 Å². The van der Waals surface area contributed by atoms with Gasteiger partial charge in [-0.2, -0.15) is 0 Å². The topological polar surface area (TPSA) is 62.3 Å². The minimum atomic E-state index is 0.439. The van der Waals surface area contributed by atoms with E-state index in [1.165, 1.54) is 32.4 Å². The van der Waals surface area contributed by atoms with E-state index >= 15 is 0 Å². The first-order chi connectivity index (χ1) is 10.3. The van der Waals surface area contributed by atoms with Crippen LogP contribution in [0, 0.1) is 0 Å². The Hall–Kier alpha value is -1.40. The van der Waals surface area contributed by atoms with Gasteiger partial charge in [-0.15, -0.1) is 0 Å². The van der Waals surface area contributed by atoms with Gasteiger partial charge in [-0.3, -0.25) is 4.90 Å². The largest absolute Gasteiger partial charge is 0.377 e. The molecule has 3 rings (SSSR count). The lowest BCUT2D eigenvalue weighted by molar-refractivity contribution is 0.178. The van der Waals surface area contributed by atoms with E-state index in [2.05, 4.69) is 32.4 Å². The smallest absolute Gasteiger partial charge is 0.158 e. The van der Waals surface area contributed by atoms with E-state index in [9.17, 15) is 0 Å². The molecule has 2 unspecified atom stereocenters. The van der Waals surface area contributed by atoms with Crippen LogP contribution in [0.4, 0.5) is 11.6 Å². The van der Waals surface area contributed by atoms with Crippen LogP contribution in [0.1, 0.15) is 32.0 Å². The minimum absolute atomic E-state index is 0.439. The van der Waals surface area contributed by atoms with Crippen molar-refractivity contribution < 1.29 is 4.74 Å². The van der Waals surface area contributed by atoms with E-state index in [1.54, 1.807) is 7.11 Å². The van der Waals surface area contributed by atoms with Crippen LogP contribution in [-0.4, -0.2) is 53.7 Å². The second-order valence-corrected chi connectivity index (χ2v) is 5.80. The molecular weight excluding hydrogens is 266 g/mol. The summed E-state index contributed by atoms with van der Waals surface area (Å²) < 4.78 is 5.17. The molecule has 0 bridgehead atoms. The van der Waals surface area contributed by atoms with Crippen LogP contribution in [-0.2, 0) is 11.3 Å². The molecule has 0 saturated carbocycles. The fraction of sp³-hybridized carbons (Fsp3) is 0.733. The van der Waals surface area contributed by atoms with Crippen molar-refractivity contribution in [3.63, 3.8) is 0 Å². The zero-order valence-electron chi connectivity index (χ0n) is 12.9. The van der Waals surface area contributed by atoms with Crippen molar-refractivity contribution in [3.8, 4) is 0 Å². The number of rotatable bonds is 6. The highest BCUT2D eigenvalue weighted by Gasteiger charge is 2.37. The lowest BCUT2D eigenvalue weighted by Crippen LogP contribution is -2.34. The molecule has 2 fully saturated rings. The van der Waals surface area contributed by atoms with E-state index in [0.717, 1.165) is 24.0 Å². The fourth-order valence-corrected chi connectivity index (χ4v) is 3.48. The number of nitrogens with one attached hydrogen (secondary N) is 2. The summed E-state index contributed by atoms with van der Waals surface area (Å²) in [5, 5.41) is 6.88. The van der Waals surface area contributed by atoms with Crippen molar-refractivity contribution in [1.29, 1.82) is 0 Å². The Morgan fingerprint density at radius 2 is 2.14 bits per heavy atom. The number of anilines is 2. The predicted octanol–water partition coefficient (Wildman–Crippen LogP) is 1.70. The third kappa shape index (κ3) is 3.27. The molecular formula is C15H25N5O. The number of ether oxygens (including phenoxy) is 1. The van der Waals surface area contributed by atoms with Gasteiger partial charge < -0.3 is 15.4 Å². The number of fused-ring (bicyclic) bond motifs is 1. The monoisotopic (exact) mass is 291 g/mol. The lowest BCUT2D eigenvalue weighted by atomic mass is 10.1. The first-order valence-electron chi connectivity index (χ1n) is 7.91. The molecule has 6 heteroatoms. The normalized spacial score (nSPS) is 25.0. The summed E-state index contributed by atoms with van der Waals surface area (Å²) in [7, 11) is 1.67. The van der Waals surface area contributed by atoms with E-state index in [4.69, 9.17) is 4.74 Å². The number of aromatic nitrogens is 2. The van der Waals surface area contributed by atoms with Crippen LogP contribution in [0.5, 0.6) is 0 Å². The van der Waals surface area contributed by atoms with Gasteiger partial charge in [0, 0.05) is 38.3 Å². The lowest BCUT2D eigenvalue weighted by Gasteiger charge is -2.22. The van der Waals surface area contributed by atoms with Crippen molar-refractivity contribution >= 4 is 11.6 Å². The molecule has 116 valence electrons. The molecule has 0 spiro atoms. The van der Waals surface area contributed by atoms with Gasteiger partial charge in [0.05, 0.1) is 0 Å². The summed E-state index contributed by atoms with van der Waals surface area (Å²) >= 11 is 0. The number of nitrogens with zero attached hydrogens (tertiary/aromatic N) is 3. The van der Waals surface area contributed by atoms with Crippen LogP contribution in [0.2, 0.25) is 0 Å². The van der Waals surface area contributed by atoms with Crippen molar-refractivity contribution in [2.45, 2.75) is 44.9 Å². The second kappa shape index (κ2) is 6.58. The van der Waals surface area contributed by atoms with Gasteiger partial charge in [-0.25, -0.2) is 9.97 Å². The van der Waals surface area contributed by atoms with Gasteiger partial charge in [-0.1, -0.05) is 0 Å². The summed E-state index contributed by atoms with van der Waals surface area (Å²) in [6.45, 7) is 5.82. The van der Waals surface area contributed by atoms with Crippen LogP contribution < -0.4 is 10.6 Å². The highest BCUT2D eigenvalue weighted by Crippen LogP contribution is 2.30. The Kier molecular flexibility index (Phi) is 4.55. The third-order valence-electron chi connectivity index (χ3n) is 4.34. The maximum Gasteiger partial charge on any atom is 0.158 e. The number of hydrogen-bond acceptors (Lipinski definition) is 6. The molecule has 2 N–H and O–H groups in total. The molecule has 2 atom stereocenters. The molecule has 2 saturated heterocycles. The zero-order chi connectivity index (χ0) is 14.7. The van der Waals surface area contributed by atoms with E-state index in [0.29, 0.717) is 18.7 Å². The van der Waals surface area contributed by atoms with Crippen molar-refractivity contribution in [1.82, 2.24) is 14.9 Å². The van der Waals surface area contributed by atoms with Crippen molar-refractivity contribution in [3.05, 3.63) is 11.9 Å². The molecule has 0 aromatic carbocycles. The standard InChI is InChI=1S/C15H25N5O/c1-3-16-13-9-14(19-15(18-13)10-21-2)17-11-6-8-20-7-4-5-12(11)20/h9,11-12H,3-8,10H2,1-2H3,(H2,16,17,18,19). The van der Waals surface area contributed by atoms with Crippen LogP contribution >= 0.6 is 0 Å². The Bertz CT molecular complexity index is 457.